The second-order valence-electron chi connectivity index (χ2n) is 6.24. The molecule has 0 fully saturated rings. The highest BCUT2D eigenvalue weighted by atomic mass is 32.2. The maximum Gasteiger partial charge on any atom is 0.458 e. The molecule has 0 aliphatic rings. The van der Waals surface area contributed by atoms with Gasteiger partial charge >= 0.3 is 7.75 Å². The number of hydrogen-bond donors (Lipinski definition) is 1. The van der Waals surface area contributed by atoms with Crippen LogP contribution in [0.5, 0.6) is 0 Å². The van der Waals surface area contributed by atoms with E-state index < -0.39 is 17.8 Å². The Labute approximate surface area is 175 Å². The summed E-state index contributed by atoms with van der Waals surface area (Å²) in [6.07, 6.45) is 0. The topological polar surface area (TPSA) is 112 Å². The summed E-state index contributed by atoms with van der Waals surface area (Å²) < 4.78 is 53.0. The maximum atomic E-state index is 13.3. The fourth-order valence-electron chi connectivity index (χ4n) is 2.62. The average Bonchev–Trinajstić information content (AvgIpc) is 3.13. The summed E-state index contributed by atoms with van der Waals surface area (Å²) in [5, 5.41) is 4.25. The van der Waals surface area contributed by atoms with Gasteiger partial charge in [-0.05, 0) is 32.9 Å². The first kappa shape index (κ1) is 22.2. The number of sulfonamides is 1. The van der Waals surface area contributed by atoms with Crippen LogP contribution in [0.3, 0.4) is 0 Å². The molecule has 0 saturated carbocycles. The van der Waals surface area contributed by atoms with Gasteiger partial charge in [0, 0.05) is 5.56 Å². The standard InChI is InChI=1S/C19H23N4O5PS/c1-4-27-29(24,28-5-2)23-19(20-18(21-23)16-9-7-6-8-10-16)22-30(25,26)17-13-11-15(3)12-14-17/h6-14H,4-5H2,1-3H3,(H,20,21,22). The molecule has 0 aliphatic carbocycles. The Kier molecular flexibility index (Phi) is 6.72. The molecule has 1 aromatic heterocycles. The Balaban J connectivity index is 2.10. The summed E-state index contributed by atoms with van der Waals surface area (Å²) in [5.41, 5.74) is 1.53. The van der Waals surface area contributed by atoms with Crippen molar-refractivity contribution in [3.8, 4) is 11.4 Å². The third-order valence-electron chi connectivity index (χ3n) is 4.00. The quantitative estimate of drug-likeness (QED) is 0.489. The van der Waals surface area contributed by atoms with Gasteiger partial charge in [0.1, 0.15) is 0 Å². The van der Waals surface area contributed by atoms with Crippen molar-refractivity contribution in [1.82, 2.24) is 14.5 Å². The van der Waals surface area contributed by atoms with Crippen molar-refractivity contribution >= 4 is 23.7 Å². The van der Waals surface area contributed by atoms with E-state index in [4.69, 9.17) is 9.05 Å². The van der Waals surface area contributed by atoms with Crippen molar-refractivity contribution in [2.75, 3.05) is 17.9 Å². The van der Waals surface area contributed by atoms with E-state index in [1.807, 2.05) is 13.0 Å². The van der Waals surface area contributed by atoms with Crippen molar-refractivity contribution in [3.63, 3.8) is 0 Å². The average molecular weight is 450 g/mol. The smallest absolute Gasteiger partial charge is 0.291 e. The van der Waals surface area contributed by atoms with Gasteiger partial charge in [-0.25, -0.2) is 17.7 Å². The van der Waals surface area contributed by atoms with Crippen molar-refractivity contribution in [1.29, 1.82) is 0 Å². The van der Waals surface area contributed by atoms with Crippen LogP contribution in [0.15, 0.2) is 59.5 Å². The van der Waals surface area contributed by atoms with Crippen LogP contribution in [0.1, 0.15) is 19.4 Å². The first-order valence-corrected chi connectivity index (χ1v) is 12.3. The highest BCUT2D eigenvalue weighted by Gasteiger charge is 2.34. The van der Waals surface area contributed by atoms with Crippen LogP contribution >= 0.6 is 7.75 Å². The second kappa shape index (κ2) is 9.09. The fourth-order valence-corrected chi connectivity index (χ4v) is 5.14. The van der Waals surface area contributed by atoms with E-state index >= 15 is 0 Å². The van der Waals surface area contributed by atoms with E-state index in [2.05, 4.69) is 14.8 Å². The SMILES string of the molecule is CCOP(=O)(OCC)n1nc(-c2ccccc2)nc1NS(=O)(=O)c1ccc(C)cc1. The van der Waals surface area contributed by atoms with Gasteiger partial charge < -0.3 is 0 Å². The molecule has 1 N–H and O–H groups in total. The van der Waals surface area contributed by atoms with Gasteiger partial charge in [-0.3, -0.25) is 9.05 Å². The van der Waals surface area contributed by atoms with Gasteiger partial charge in [-0.2, -0.15) is 4.98 Å². The monoisotopic (exact) mass is 450 g/mol. The highest BCUT2D eigenvalue weighted by Crippen LogP contribution is 2.51. The van der Waals surface area contributed by atoms with Crippen molar-refractivity contribution < 1.29 is 22.0 Å². The van der Waals surface area contributed by atoms with Crippen molar-refractivity contribution in [2.45, 2.75) is 25.7 Å². The first-order chi connectivity index (χ1) is 14.3. The summed E-state index contributed by atoms with van der Waals surface area (Å²) in [6.45, 7) is 5.30. The van der Waals surface area contributed by atoms with Crippen LogP contribution < -0.4 is 4.72 Å². The molecule has 0 spiro atoms. The molecule has 160 valence electrons. The predicted molar refractivity (Wildman–Crippen MR) is 114 cm³/mol. The molecule has 0 unspecified atom stereocenters. The summed E-state index contributed by atoms with van der Waals surface area (Å²) in [6, 6.07) is 15.2. The molecule has 0 aliphatic heterocycles. The molecule has 0 bridgehead atoms. The molecule has 0 radical (unpaired) electrons. The molecule has 0 saturated heterocycles. The number of nitrogens with one attached hydrogen (secondary N) is 1. The molecule has 0 atom stereocenters. The number of anilines is 1. The zero-order valence-corrected chi connectivity index (χ0v) is 18.6. The predicted octanol–water partition coefficient (Wildman–Crippen LogP) is 4.08. The number of hydrogen-bond acceptors (Lipinski definition) is 7. The van der Waals surface area contributed by atoms with E-state index in [0.29, 0.717) is 5.56 Å². The summed E-state index contributed by atoms with van der Waals surface area (Å²) in [7, 11) is -8.00. The molecular formula is C19H23N4O5PS. The normalized spacial score (nSPS) is 12.1. The Morgan fingerprint density at radius 1 is 1.00 bits per heavy atom. The highest BCUT2D eigenvalue weighted by molar-refractivity contribution is 7.92. The largest absolute Gasteiger partial charge is 0.458 e. The Morgan fingerprint density at radius 2 is 1.60 bits per heavy atom. The molecule has 11 heteroatoms. The van der Waals surface area contributed by atoms with Gasteiger partial charge in [0.2, 0.25) is 5.95 Å². The minimum Gasteiger partial charge on any atom is -0.291 e. The lowest BCUT2D eigenvalue weighted by atomic mass is 10.2. The van der Waals surface area contributed by atoms with E-state index in [1.54, 1.807) is 50.2 Å². The number of aryl methyl sites for hydroxylation is 1. The van der Waals surface area contributed by atoms with Crippen LogP contribution in [0.4, 0.5) is 5.95 Å². The van der Waals surface area contributed by atoms with Gasteiger partial charge in [0.05, 0.1) is 18.1 Å². The third kappa shape index (κ3) is 4.79. The van der Waals surface area contributed by atoms with E-state index in [-0.39, 0.29) is 29.9 Å². The Morgan fingerprint density at radius 3 is 2.17 bits per heavy atom. The van der Waals surface area contributed by atoms with Crippen LogP contribution in [-0.4, -0.2) is 36.2 Å². The molecule has 2 aromatic carbocycles. The molecule has 3 aromatic rings. The number of aromatic nitrogens is 3. The maximum absolute atomic E-state index is 13.3. The molecule has 9 nitrogen and oxygen atoms in total. The van der Waals surface area contributed by atoms with Crippen LogP contribution in [0.25, 0.3) is 11.4 Å². The van der Waals surface area contributed by atoms with Crippen LogP contribution in [-0.2, 0) is 23.6 Å². The summed E-state index contributed by atoms with van der Waals surface area (Å²) in [4.78, 5) is 4.30. The lowest BCUT2D eigenvalue weighted by Crippen LogP contribution is -2.18. The summed E-state index contributed by atoms with van der Waals surface area (Å²) in [5.74, 6) is -0.0866. The zero-order valence-electron chi connectivity index (χ0n) is 16.8. The molecule has 0 amide bonds. The number of rotatable bonds is 9. The molecule has 30 heavy (non-hydrogen) atoms. The molecule has 3 rings (SSSR count). The second-order valence-corrected chi connectivity index (χ2v) is 9.75. The number of benzene rings is 2. The van der Waals surface area contributed by atoms with Crippen molar-refractivity contribution in [3.05, 3.63) is 60.2 Å². The Bertz CT molecular complexity index is 1140. The number of nitrogens with zero attached hydrogens (tertiary/aromatic N) is 3. The lowest BCUT2D eigenvalue weighted by Gasteiger charge is -2.18. The fraction of sp³-hybridized carbons (Fsp3) is 0.263. The third-order valence-corrected chi connectivity index (χ3v) is 7.25. The molecular weight excluding hydrogens is 427 g/mol. The van der Waals surface area contributed by atoms with E-state index in [0.717, 1.165) is 10.0 Å². The van der Waals surface area contributed by atoms with Gasteiger partial charge in [-0.1, -0.05) is 48.0 Å². The Hall–Kier alpha value is -2.52. The van der Waals surface area contributed by atoms with E-state index in [1.165, 1.54) is 12.1 Å². The molecule has 1 heterocycles. The van der Waals surface area contributed by atoms with Gasteiger partial charge in [0.25, 0.3) is 10.0 Å². The van der Waals surface area contributed by atoms with E-state index in [9.17, 15) is 13.0 Å². The van der Waals surface area contributed by atoms with Gasteiger partial charge in [-0.15, -0.1) is 9.55 Å². The summed E-state index contributed by atoms with van der Waals surface area (Å²) >= 11 is 0. The lowest BCUT2D eigenvalue weighted by molar-refractivity contribution is 0.210. The first-order valence-electron chi connectivity index (χ1n) is 9.31. The van der Waals surface area contributed by atoms with Crippen LogP contribution in [0.2, 0.25) is 0 Å². The van der Waals surface area contributed by atoms with Crippen LogP contribution in [0, 0.1) is 6.92 Å². The zero-order chi connectivity index (χ0) is 21.8. The van der Waals surface area contributed by atoms with Crippen molar-refractivity contribution in [2.24, 2.45) is 0 Å². The van der Waals surface area contributed by atoms with Gasteiger partial charge in [0.15, 0.2) is 5.82 Å². The minimum absolute atomic E-state index is 0.0339. The minimum atomic E-state index is -4.02.